The highest BCUT2D eigenvalue weighted by Crippen LogP contribution is 2.26. The Balaban J connectivity index is 2.52. The number of hydrogen-bond donors (Lipinski definition) is 2. The number of nitrogens with one attached hydrogen (secondary N) is 1. The normalized spacial score (nSPS) is 19.1. The first-order valence-electron chi connectivity index (χ1n) is 5.72. The topological polar surface area (TPSA) is 64.3 Å². The molecule has 1 unspecified atom stereocenters. The van der Waals surface area contributed by atoms with Gasteiger partial charge in [-0.2, -0.15) is 0 Å². The van der Waals surface area contributed by atoms with E-state index in [0.717, 1.165) is 12.8 Å². The minimum absolute atomic E-state index is 0.0613. The van der Waals surface area contributed by atoms with Crippen LogP contribution in [0.3, 0.4) is 0 Å². The molecule has 0 radical (unpaired) electrons. The van der Waals surface area contributed by atoms with E-state index in [1.165, 1.54) is 26.4 Å². The highest BCUT2D eigenvalue weighted by molar-refractivity contribution is 7.80. The summed E-state index contributed by atoms with van der Waals surface area (Å²) in [6.45, 7) is 0.0613. The number of hydrogen-bond acceptors (Lipinski definition) is 3. The number of carbonyl (C=O) groups is 1. The minimum atomic E-state index is -0.169. The second-order valence-electron chi connectivity index (χ2n) is 4.28. The van der Waals surface area contributed by atoms with Crippen molar-refractivity contribution in [2.24, 2.45) is 11.7 Å². The molecule has 16 heavy (non-hydrogen) atoms. The number of rotatable bonds is 5. The second kappa shape index (κ2) is 6.81. The number of amides is 1. The van der Waals surface area contributed by atoms with Crippen LogP contribution in [-0.2, 0) is 9.53 Å². The van der Waals surface area contributed by atoms with Crippen molar-refractivity contribution in [1.29, 1.82) is 0 Å². The Kier molecular flexibility index (Phi) is 5.69. The van der Waals surface area contributed by atoms with E-state index in [1.54, 1.807) is 0 Å². The monoisotopic (exact) mass is 244 g/mol. The molecule has 1 saturated carbocycles. The fourth-order valence-electron chi connectivity index (χ4n) is 2.23. The molecular formula is C11H20N2O2S. The lowest BCUT2D eigenvalue weighted by Gasteiger charge is -2.30. The first kappa shape index (κ1) is 13.4. The third kappa shape index (κ3) is 4.06. The number of carbonyl (C=O) groups excluding carboxylic acids is 1. The lowest BCUT2D eigenvalue weighted by Crippen LogP contribution is -2.49. The van der Waals surface area contributed by atoms with Crippen molar-refractivity contribution < 1.29 is 9.53 Å². The standard InChI is InChI=1S/C11H20N2O2S/c1-15-7-9(14)13-10(11(12)16)8-5-3-2-4-6-8/h8,10H,2-7H2,1H3,(H2,12,16)(H,13,14). The molecule has 1 atom stereocenters. The summed E-state index contributed by atoms with van der Waals surface area (Å²) in [6, 6.07) is -0.169. The SMILES string of the molecule is COCC(=O)NC(C(N)=S)C1CCCCC1. The van der Waals surface area contributed by atoms with Crippen LogP contribution in [0, 0.1) is 5.92 Å². The van der Waals surface area contributed by atoms with Crippen LogP contribution in [0.15, 0.2) is 0 Å². The van der Waals surface area contributed by atoms with Gasteiger partial charge >= 0.3 is 0 Å². The Bertz CT molecular complexity index is 250. The van der Waals surface area contributed by atoms with E-state index in [9.17, 15) is 4.79 Å². The molecule has 0 saturated heterocycles. The molecule has 0 aromatic rings. The first-order valence-corrected chi connectivity index (χ1v) is 6.13. The Hall–Kier alpha value is -0.680. The summed E-state index contributed by atoms with van der Waals surface area (Å²) in [6.07, 6.45) is 5.85. The molecule has 5 heteroatoms. The van der Waals surface area contributed by atoms with E-state index in [1.807, 2.05) is 0 Å². The largest absolute Gasteiger partial charge is 0.392 e. The number of ether oxygens (including phenoxy) is 1. The second-order valence-corrected chi connectivity index (χ2v) is 4.75. The van der Waals surface area contributed by atoms with Crippen molar-refractivity contribution in [3.63, 3.8) is 0 Å². The Morgan fingerprint density at radius 2 is 2.12 bits per heavy atom. The summed E-state index contributed by atoms with van der Waals surface area (Å²) in [5.74, 6) is 0.248. The van der Waals surface area contributed by atoms with Crippen LogP contribution in [0.2, 0.25) is 0 Å². The van der Waals surface area contributed by atoms with E-state index < -0.39 is 0 Å². The summed E-state index contributed by atoms with van der Waals surface area (Å²) in [5, 5.41) is 2.86. The third-order valence-corrected chi connectivity index (χ3v) is 3.27. The average molecular weight is 244 g/mol. The lowest BCUT2D eigenvalue weighted by atomic mass is 9.84. The summed E-state index contributed by atoms with van der Waals surface area (Å²) in [4.78, 5) is 11.8. The molecule has 1 rings (SSSR count). The van der Waals surface area contributed by atoms with Crippen molar-refractivity contribution in [1.82, 2.24) is 5.32 Å². The predicted molar refractivity (Wildman–Crippen MR) is 67.2 cm³/mol. The van der Waals surface area contributed by atoms with E-state index in [2.05, 4.69) is 5.32 Å². The van der Waals surface area contributed by atoms with Crippen LogP contribution in [0.4, 0.5) is 0 Å². The van der Waals surface area contributed by atoms with Crippen molar-refractivity contribution in [3.05, 3.63) is 0 Å². The van der Waals surface area contributed by atoms with E-state index >= 15 is 0 Å². The average Bonchev–Trinajstić information content (AvgIpc) is 2.27. The fourth-order valence-corrected chi connectivity index (χ4v) is 2.49. The number of methoxy groups -OCH3 is 1. The molecule has 0 spiro atoms. The molecule has 0 heterocycles. The predicted octanol–water partition coefficient (Wildman–Crippen LogP) is 0.984. The van der Waals surface area contributed by atoms with Crippen LogP contribution in [0.5, 0.6) is 0 Å². The van der Waals surface area contributed by atoms with Gasteiger partial charge in [0.1, 0.15) is 6.61 Å². The van der Waals surface area contributed by atoms with Crippen molar-refractivity contribution >= 4 is 23.1 Å². The zero-order valence-electron chi connectivity index (χ0n) is 9.70. The van der Waals surface area contributed by atoms with Gasteiger partial charge in [-0.05, 0) is 18.8 Å². The Morgan fingerprint density at radius 3 is 2.62 bits per heavy atom. The molecule has 0 aliphatic heterocycles. The Morgan fingerprint density at radius 1 is 1.50 bits per heavy atom. The lowest BCUT2D eigenvalue weighted by molar-refractivity contribution is -0.125. The molecule has 1 aliphatic rings. The van der Waals surface area contributed by atoms with Gasteiger partial charge in [0.25, 0.3) is 0 Å². The van der Waals surface area contributed by atoms with Gasteiger partial charge in [0.15, 0.2) is 0 Å². The summed E-state index contributed by atoms with van der Waals surface area (Å²) < 4.78 is 4.78. The van der Waals surface area contributed by atoms with E-state index in [4.69, 9.17) is 22.7 Å². The fraction of sp³-hybridized carbons (Fsp3) is 0.818. The molecule has 1 fully saturated rings. The van der Waals surface area contributed by atoms with Gasteiger partial charge in [-0.1, -0.05) is 31.5 Å². The van der Waals surface area contributed by atoms with Crippen LogP contribution in [0.25, 0.3) is 0 Å². The van der Waals surface area contributed by atoms with Crippen molar-refractivity contribution in [2.75, 3.05) is 13.7 Å². The zero-order valence-corrected chi connectivity index (χ0v) is 10.5. The highest BCUT2D eigenvalue weighted by Gasteiger charge is 2.26. The first-order chi connectivity index (χ1) is 7.65. The molecule has 4 nitrogen and oxygen atoms in total. The summed E-state index contributed by atoms with van der Waals surface area (Å²) >= 11 is 5.02. The summed E-state index contributed by atoms with van der Waals surface area (Å²) in [5.41, 5.74) is 5.69. The number of nitrogens with two attached hydrogens (primary N) is 1. The van der Waals surface area contributed by atoms with Gasteiger partial charge in [-0.25, -0.2) is 0 Å². The maximum absolute atomic E-state index is 11.4. The smallest absolute Gasteiger partial charge is 0.246 e. The zero-order chi connectivity index (χ0) is 12.0. The van der Waals surface area contributed by atoms with Gasteiger partial charge in [0.05, 0.1) is 11.0 Å². The van der Waals surface area contributed by atoms with Crippen LogP contribution < -0.4 is 11.1 Å². The molecule has 3 N–H and O–H groups in total. The highest BCUT2D eigenvalue weighted by atomic mass is 32.1. The molecular weight excluding hydrogens is 224 g/mol. The molecule has 0 aromatic heterocycles. The Labute approximate surface area is 102 Å². The third-order valence-electron chi connectivity index (χ3n) is 3.02. The van der Waals surface area contributed by atoms with Crippen LogP contribution in [-0.4, -0.2) is 30.7 Å². The maximum Gasteiger partial charge on any atom is 0.246 e. The molecule has 1 amide bonds. The van der Waals surface area contributed by atoms with Gasteiger partial charge in [0.2, 0.25) is 5.91 Å². The van der Waals surface area contributed by atoms with Gasteiger partial charge in [-0.3, -0.25) is 4.79 Å². The van der Waals surface area contributed by atoms with Crippen LogP contribution in [0.1, 0.15) is 32.1 Å². The van der Waals surface area contributed by atoms with Gasteiger partial charge < -0.3 is 15.8 Å². The summed E-state index contributed by atoms with van der Waals surface area (Å²) in [7, 11) is 1.50. The van der Waals surface area contributed by atoms with E-state index in [0.29, 0.717) is 10.9 Å². The molecule has 1 aliphatic carbocycles. The van der Waals surface area contributed by atoms with Gasteiger partial charge in [-0.15, -0.1) is 0 Å². The molecule has 92 valence electrons. The molecule has 0 bridgehead atoms. The van der Waals surface area contributed by atoms with Crippen molar-refractivity contribution in [3.8, 4) is 0 Å². The number of thiocarbonyl (C=S) groups is 1. The maximum atomic E-state index is 11.4. The van der Waals surface area contributed by atoms with Crippen molar-refractivity contribution in [2.45, 2.75) is 38.1 Å². The molecule has 0 aromatic carbocycles. The van der Waals surface area contributed by atoms with Gasteiger partial charge in [0, 0.05) is 7.11 Å². The minimum Gasteiger partial charge on any atom is -0.392 e. The quantitative estimate of drug-likeness (QED) is 0.708. The van der Waals surface area contributed by atoms with Crippen LogP contribution >= 0.6 is 12.2 Å². The van der Waals surface area contributed by atoms with E-state index in [-0.39, 0.29) is 18.6 Å².